The van der Waals surface area contributed by atoms with E-state index >= 15 is 0 Å². The maximum atomic E-state index is 5.04. The Kier molecular flexibility index (Phi) is 6.36. The molecule has 0 aromatic carbocycles. The minimum Gasteiger partial charge on any atom is -0.383 e. The van der Waals surface area contributed by atoms with Gasteiger partial charge >= 0.3 is 0 Å². The van der Waals surface area contributed by atoms with E-state index in [1.807, 2.05) is 4.68 Å². The van der Waals surface area contributed by atoms with Crippen molar-refractivity contribution in [1.29, 1.82) is 0 Å². The summed E-state index contributed by atoms with van der Waals surface area (Å²) in [6.07, 6.45) is 3.08. The van der Waals surface area contributed by atoms with Crippen LogP contribution >= 0.6 is 0 Å². The third-order valence-electron chi connectivity index (χ3n) is 3.35. The summed E-state index contributed by atoms with van der Waals surface area (Å²) >= 11 is 0. The molecule has 0 aliphatic rings. The zero-order valence-electron chi connectivity index (χ0n) is 12.3. The molecule has 1 aromatic rings. The molecule has 2 atom stereocenters. The molecule has 0 saturated heterocycles. The molecule has 1 aromatic heterocycles. The third-order valence-corrected chi connectivity index (χ3v) is 3.35. The van der Waals surface area contributed by atoms with Crippen LogP contribution in [0.2, 0.25) is 0 Å². The molecule has 0 aliphatic carbocycles. The van der Waals surface area contributed by atoms with Gasteiger partial charge in [0.05, 0.1) is 12.3 Å². The molecule has 0 bridgehead atoms. The van der Waals surface area contributed by atoms with E-state index in [0.717, 1.165) is 19.6 Å². The summed E-state index contributed by atoms with van der Waals surface area (Å²) in [6, 6.07) is 3.04. The van der Waals surface area contributed by atoms with Gasteiger partial charge in [0, 0.05) is 31.9 Å². The van der Waals surface area contributed by atoms with Gasteiger partial charge in [-0.1, -0.05) is 6.92 Å². The average Bonchev–Trinajstić information content (AvgIpc) is 2.77. The predicted molar refractivity (Wildman–Crippen MR) is 74.8 cm³/mol. The molecule has 0 spiro atoms. The summed E-state index contributed by atoms with van der Waals surface area (Å²) < 4.78 is 7.06. The Balaban J connectivity index is 2.40. The van der Waals surface area contributed by atoms with Gasteiger partial charge in [0.15, 0.2) is 0 Å². The molecule has 1 heterocycles. The summed E-state index contributed by atoms with van der Waals surface area (Å²) in [4.78, 5) is 0. The van der Waals surface area contributed by atoms with Gasteiger partial charge in [-0.15, -0.1) is 0 Å². The standard InChI is InChI=1S/C14H27N3O/c1-11(2)17-8-6-14(16-17)10-12(3)13(4)15-7-9-18-5/h6,8,11-13,15H,7,9-10H2,1-5H3. The SMILES string of the molecule is COCCNC(C)C(C)Cc1ccn(C(C)C)n1. The van der Waals surface area contributed by atoms with Gasteiger partial charge in [0.25, 0.3) is 0 Å². The molecular weight excluding hydrogens is 226 g/mol. The van der Waals surface area contributed by atoms with E-state index in [9.17, 15) is 0 Å². The molecule has 104 valence electrons. The van der Waals surface area contributed by atoms with Gasteiger partial charge in [-0.3, -0.25) is 4.68 Å². The number of hydrogen-bond donors (Lipinski definition) is 1. The highest BCUT2D eigenvalue weighted by Crippen LogP contribution is 2.12. The van der Waals surface area contributed by atoms with Crippen molar-refractivity contribution in [2.75, 3.05) is 20.3 Å². The summed E-state index contributed by atoms with van der Waals surface area (Å²) in [5, 5.41) is 8.07. The van der Waals surface area contributed by atoms with Crippen molar-refractivity contribution in [2.24, 2.45) is 5.92 Å². The van der Waals surface area contributed by atoms with E-state index < -0.39 is 0 Å². The highest BCUT2D eigenvalue weighted by molar-refractivity contribution is 5.01. The zero-order valence-corrected chi connectivity index (χ0v) is 12.3. The minimum absolute atomic E-state index is 0.436. The molecule has 0 radical (unpaired) electrons. The quantitative estimate of drug-likeness (QED) is 0.722. The van der Waals surface area contributed by atoms with Crippen molar-refractivity contribution in [2.45, 2.75) is 46.2 Å². The van der Waals surface area contributed by atoms with Crippen molar-refractivity contribution in [3.05, 3.63) is 18.0 Å². The van der Waals surface area contributed by atoms with Crippen molar-refractivity contribution in [3.8, 4) is 0 Å². The predicted octanol–water partition coefficient (Wildman–Crippen LogP) is 2.27. The Hall–Kier alpha value is -0.870. The molecule has 0 aliphatic heterocycles. The normalized spacial score (nSPS) is 15.0. The van der Waals surface area contributed by atoms with E-state index in [1.54, 1.807) is 7.11 Å². The molecular formula is C14H27N3O. The summed E-state index contributed by atoms with van der Waals surface area (Å²) in [6.45, 7) is 10.4. The molecule has 2 unspecified atom stereocenters. The van der Waals surface area contributed by atoms with Crippen LogP contribution in [0.3, 0.4) is 0 Å². The second-order valence-electron chi connectivity index (χ2n) is 5.30. The molecule has 1 rings (SSSR count). The first-order valence-corrected chi connectivity index (χ1v) is 6.81. The maximum absolute atomic E-state index is 5.04. The molecule has 0 amide bonds. The molecule has 4 nitrogen and oxygen atoms in total. The number of hydrogen-bond acceptors (Lipinski definition) is 3. The second kappa shape index (κ2) is 7.54. The van der Waals surface area contributed by atoms with Gasteiger partial charge in [0.2, 0.25) is 0 Å². The third kappa shape index (κ3) is 4.78. The van der Waals surface area contributed by atoms with Crippen LogP contribution in [0.5, 0.6) is 0 Å². The van der Waals surface area contributed by atoms with E-state index in [2.05, 4.69) is 50.4 Å². The van der Waals surface area contributed by atoms with Crippen molar-refractivity contribution in [3.63, 3.8) is 0 Å². The topological polar surface area (TPSA) is 39.1 Å². The Morgan fingerprint density at radius 1 is 1.33 bits per heavy atom. The molecule has 18 heavy (non-hydrogen) atoms. The van der Waals surface area contributed by atoms with Crippen LogP contribution in [0.4, 0.5) is 0 Å². The Morgan fingerprint density at radius 3 is 2.61 bits per heavy atom. The lowest BCUT2D eigenvalue weighted by Gasteiger charge is -2.20. The van der Waals surface area contributed by atoms with Crippen molar-refractivity contribution >= 4 is 0 Å². The Bertz CT molecular complexity index is 336. The second-order valence-corrected chi connectivity index (χ2v) is 5.30. The van der Waals surface area contributed by atoms with Gasteiger partial charge in [-0.25, -0.2) is 0 Å². The summed E-state index contributed by atoms with van der Waals surface area (Å²) in [5.74, 6) is 0.567. The maximum Gasteiger partial charge on any atom is 0.0627 e. The Labute approximate surface area is 111 Å². The van der Waals surface area contributed by atoms with E-state index in [0.29, 0.717) is 18.0 Å². The van der Waals surface area contributed by atoms with Gasteiger partial charge in [-0.2, -0.15) is 5.10 Å². The fourth-order valence-corrected chi connectivity index (χ4v) is 1.87. The fraction of sp³-hybridized carbons (Fsp3) is 0.786. The number of aromatic nitrogens is 2. The van der Waals surface area contributed by atoms with E-state index in [4.69, 9.17) is 4.74 Å². The van der Waals surface area contributed by atoms with Crippen LogP contribution in [0.25, 0.3) is 0 Å². The number of methoxy groups -OCH3 is 1. The first kappa shape index (κ1) is 15.2. The van der Waals surface area contributed by atoms with Crippen LogP contribution in [0.15, 0.2) is 12.3 Å². The van der Waals surface area contributed by atoms with Crippen LogP contribution in [0.1, 0.15) is 39.4 Å². The van der Waals surface area contributed by atoms with Crippen LogP contribution < -0.4 is 5.32 Å². The van der Waals surface area contributed by atoms with Crippen LogP contribution in [0, 0.1) is 5.92 Å². The zero-order chi connectivity index (χ0) is 13.5. The lowest BCUT2D eigenvalue weighted by Crippen LogP contribution is -2.35. The van der Waals surface area contributed by atoms with Gasteiger partial charge < -0.3 is 10.1 Å². The monoisotopic (exact) mass is 253 g/mol. The number of ether oxygens (including phenoxy) is 1. The van der Waals surface area contributed by atoms with E-state index in [1.165, 1.54) is 5.69 Å². The molecule has 0 saturated carbocycles. The minimum atomic E-state index is 0.436. The Morgan fingerprint density at radius 2 is 2.06 bits per heavy atom. The lowest BCUT2D eigenvalue weighted by molar-refractivity contribution is 0.192. The lowest BCUT2D eigenvalue weighted by atomic mass is 9.98. The molecule has 0 fully saturated rings. The number of rotatable bonds is 8. The smallest absolute Gasteiger partial charge is 0.0627 e. The highest BCUT2D eigenvalue weighted by atomic mass is 16.5. The number of nitrogens with one attached hydrogen (secondary N) is 1. The summed E-state index contributed by atoms with van der Waals surface area (Å²) in [5.41, 5.74) is 1.18. The van der Waals surface area contributed by atoms with Crippen LogP contribution in [-0.2, 0) is 11.2 Å². The first-order chi connectivity index (χ1) is 8.54. The largest absolute Gasteiger partial charge is 0.383 e. The number of nitrogens with zero attached hydrogens (tertiary/aromatic N) is 2. The highest BCUT2D eigenvalue weighted by Gasteiger charge is 2.13. The summed E-state index contributed by atoms with van der Waals surface area (Å²) in [7, 11) is 1.73. The van der Waals surface area contributed by atoms with Gasteiger partial charge in [0.1, 0.15) is 0 Å². The fourth-order valence-electron chi connectivity index (χ4n) is 1.87. The van der Waals surface area contributed by atoms with Gasteiger partial charge in [-0.05, 0) is 39.2 Å². The average molecular weight is 253 g/mol. The van der Waals surface area contributed by atoms with Crippen molar-refractivity contribution < 1.29 is 4.74 Å². The van der Waals surface area contributed by atoms with Crippen molar-refractivity contribution in [1.82, 2.24) is 15.1 Å². The first-order valence-electron chi connectivity index (χ1n) is 6.81. The van der Waals surface area contributed by atoms with Crippen LogP contribution in [-0.4, -0.2) is 36.1 Å². The van der Waals surface area contributed by atoms with E-state index in [-0.39, 0.29) is 0 Å². The molecule has 1 N–H and O–H groups in total. The molecule has 4 heteroatoms.